The Morgan fingerprint density at radius 2 is 2.10 bits per heavy atom. The molecule has 2 heterocycles. The zero-order chi connectivity index (χ0) is 13.9. The van der Waals surface area contributed by atoms with Crippen molar-refractivity contribution in [2.24, 2.45) is 0 Å². The molecule has 20 heavy (non-hydrogen) atoms. The number of ether oxygens (including phenoxy) is 3. The maximum absolute atomic E-state index is 9.03. The highest BCUT2D eigenvalue weighted by Gasteiger charge is 2.15. The third kappa shape index (κ3) is 2.12. The largest absolute Gasteiger partial charge is 0.477 e. The highest BCUT2D eigenvalue weighted by molar-refractivity contribution is 5.65. The fourth-order valence-electron chi connectivity index (χ4n) is 1.99. The van der Waals surface area contributed by atoms with Crippen LogP contribution in [0, 0.1) is 11.3 Å². The lowest BCUT2D eigenvalue weighted by molar-refractivity contribution is 0.174. The molecule has 0 N–H and O–H groups in total. The lowest BCUT2D eigenvalue weighted by Crippen LogP contribution is -1.98. The molecule has 0 aliphatic carbocycles. The van der Waals surface area contributed by atoms with Crippen LogP contribution in [0.25, 0.3) is 11.3 Å². The quantitative estimate of drug-likeness (QED) is 0.856. The van der Waals surface area contributed by atoms with Crippen molar-refractivity contribution in [1.82, 2.24) is 4.98 Å². The summed E-state index contributed by atoms with van der Waals surface area (Å²) >= 11 is 0. The maximum Gasteiger partial charge on any atom is 0.232 e. The molecule has 100 valence electrons. The minimum Gasteiger partial charge on any atom is -0.477 e. The zero-order valence-electron chi connectivity index (χ0n) is 10.9. The van der Waals surface area contributed by atoms with Gasteiger partial charge in [-0.3, -0.25) is 0 Å². The van der Waals surface area contributed by atoms with E-state index in [4.69, 9.17) is 19.5 Å². The van der Waals surface area contributed by atoms with Crippen molar-refractivity contribution in [2.45, 2.75) is 6.92 Å². The molecule has 0 saturated heterocycles. The molecule has 1 aliphatic heterocycles. The summed E-state index contributed by atoms with van der Waals surface area (Å²) in [5.74, 6) is 1.78. The second-order valence-electron chi connectivity index (χ2n) is 4.16. The normalized spacial score (nSPS) is 12.0. The van der Waals surface area contributed by atoms with Crippen molar-refractivity contribution in [1.29, 1.82) is 5.26 Å². The van der Waals surface area contributed by atoms with Crippen LogP contribution < -0.4 is 14.2 Å². The number of benzene rings is 1. The zero-order valence-corrected chi connectivity index (χ0v) is 10.9. The number of nitrogens with zero attached hydrogens (tertiary/aromatic N) is 2. The van der Waals surface area contributed by atoms with E-state index in [0.717, 1.165) is 17.0 Å². The third-order valence-corrected chi connectivity index (χ3v) is 2.93. The Kier molecular flexibility index (Phi) is 3.13. The number of fused-ring (bicyclic) bond motifs is 1. The summed E-state index contributed by atoms with van der Waals surface area (Å²) < 4.78 is 16.0. The molecule has 0 amide bonds. The lowest BCUT2D eigenvalue weighted by Gasteiger charge is -2.07. The monoisotopic (exact) mass is 268 g/mol. The van der Waals surface area contributed by atoms with E-state index in [1.54, 1.807) is 12.1 Å². The third-order valence-electron chi connectivity index (χ3n) is 2.93. The second kappa shape index (κ2) is 5.10. The summed E-state index contributed by atoms with van der Waals surface area (Å²) in [6, 6.07) is 11.2. The van der Waals surface area contributed by atoms with E-state index in [1.807, 2.05) is 25.1 Å². The molecule has 0 unspecified atom stereocenters. The summed E-state index contributed by atoms with van der Waals surface area (Å²) in [4.78, 5) is 4.39. The van der Waals surface area contributed by atoms with Gasteiger partial charge in [0.05, 0.1) is 12.3 Å². The molecular formula is C15H12N2O3. The molecule has 5 heteroatoms. The summed E-state index contributed by atoms with van der Waals surface area (Å²) in [5.41, 5.74) is 2.04. The van der Waals surface area contributed by atoms with Gasteiger partial charge in [-0.25, -0.2) is 4.98 Å². The van der Waals surface area contributed by atoms with Crippen LogP contribution in [0.2, 0.25) is 0 Å². The predicted octanol–water partition coefficient (Wildman–Crippen LogP) is 2.75. The molecule has 1 aromatic carbocycles. The van der Waals surface area contributed by atoms with Gasteiger partial charge in [-0.1, -0.05) is 0 Å². The van der Waals surface area contributed by atoms with E-state index in [-0.39, 0.29) is 6.79 Å². The van der Waals surface area contributed by atoms with Gasteiger partial charge in [0.25, 0.3) is 0 Å². The topological polar surface area (TPSA) is 64.4 Å². The van der Waals surface area contributed by atoms with Crippen LogP contribution in [-0.4, -0.2) is 18.4 Å². The van der Waals surface area contributed by atoms with E-state index in [1.165, 1.54) is 0 Å². The van der Waals surface area contributed by atoms with Gasteiger partial charge in [-0.15, -0.1) is 0 Å². The van der Waals surface area contributed by atoms with Crippen molar-refractivity contribution >= 4 is 0 Å². The number of hydrogen-bond donors (Lipinski definition) is 0. The first-order chi connectivity index (χ1) is 9.81. The Morgan fingerprint density at radius 1 is 1.25 bits per heavy atom. The van der Waals surface area contributed by atoms with E-state index < -0.39 is 0 Å². The number of hydrogen-bond acceptors (Lipinski definition) is 5. The minimum absolute atomic E-state index is 0.240. The van der Waals surface area contributed by atoms with E-state index >= 15 is 0 Å². The van der Waals surface area contributed by atoms with Gasteiger partial charge in [0.2, 0.25) is 12.7 Å². The number of aromatic nitrogens is 1. The van der Waals surface area contributed by atoms with Crippen LogP contribution in [-0.2, 0) is 0 Å². The van der Waals surface area contributed by atoms with Crippen LogP contribution >= 0.6 is 0 Å². The van der Waals surface area contributed by atoms with Crippen molar-refractivity contribution in [2.75, 3.05) is 13.4 Å². The smallest absolute Gasteiger partial charge is 0.232 e. The van der Waals surface area contributed by atoms with Crippen LogP contribution in [0.4, 0.5) is 0 Å². The van der Waals surface area contributed by atoms with Gasteiger partial charge in [0, 0.05) is 5.56 Å². The summed E-state index contributed by atoms with van der Waals surface area (Å²) in [7, 11) is 0. The second-order valence-corrected chi connectivity index (χ2v) is 4.16. The predicted molar refractivity (Wildman–Crippen MR) is 71.7 cm³/mol. The molecule has 1 aliphatic rings. The van der Waals surface area contributed by atoms with Gasteiger partial charge >= 0.3 is 0 Å². The molecule has 5 nitrogen and oxygen atoms in total. The first kappa shape index (κ1) is 12.3. The fraction of sp³-hybridized carbons (Fsp3) is 0.200. The van der Waals surface area contributed by atoms with E-state index in [2.05, 4.69) is 11.1 Å². The Balaban J connectivity index is 2.02. The summed E-state index contributed by atoms with van der Waals surface area (Å²) in [5, 5.41) is 9.03. The molecule has 3 rings (SSSR count). The standard InChI is InChI=1S/C15H12N2O3/c1-2-18-15-11(8-16)3-5-12(17-15)10-4-6-13-14(7-10)20-9-19-13/h3-7H,2,9H2,1H3. The van der Waals surface area contributed by atoms with Gasteiger partial charge in [0.15, 0.2) is 11.5 Å². The molecule has 2 aromatic rings. The number of rotatable bonds is 3. The van der Waals surface area contributed by atoms with Crippen molar-refractivity contribution in [3.8, 4) is 34.7 Å². The fourth-order valence-corrected chi connectivity index (χ4v) is 1.99. The van der Waals surface area contributed by atoms with Crippen LogP contribution in [0.1, 0.15) is 12.5 Å². The van der Waals surface area contributed by atoms with Crippen molar-refractivity contribution in [3.05, 3.63) is 35.9 Å². The summed E-state index contributed by atoms with van der Waals surface area (Å²) in [6.07, 6.45) is 0. The van der Waals surface area contributed by atoms with Gasteiger partial charge in [-0.2, -0.15) is 5.26 Å². The minimum atomic E-state index is 0.240. The highest BCUT2D eigenvalue weighted by atomic mass is 16.7. The molecule has 0 bridgehead atoms. The number of nitriles is 1. The number of pyridine rings is 1. The Morgan fingerprint density at radius 3 is 2.90 bits per heavy atom. The van der Waals surface area contributed by atoms with Gasteiger partial charge in [0.1, 0.15) is 11.6 Å². The maximum atomic E-state index is 9.03. The van der Waals surface area contributed by atoms with Crippen LogP contribution in [0.15, 0.2) is 30.3 Å². The van der Waals surface area contributed by atoms with E-state index in [9.17, 15) is 0 Å². The van der Waals surface area contributed by atoms with E-state index in [0.29, 0.717) is 23.8 Å². The molecule has 0 fully saturated rings. The van der Waals surface area contributed by atoms with Crippen molar-refractivity contribution < 1.29 is 14.2 Å². The first-order valence-corrected chi connectivity index (χ1v) is 6.26. The van der Waals surface area contributed by atoms with Gasteiger partial charge < -0.3 is 14.2 Å². The Bertz CT molecular complexity index is 692. The molecule has 0 atom stereocenters. The molecule has 0 saturated carbocycles. The highest BCUT2D eigenvalue weighted by Crippen LogP contribution is 2.35. The first-order valence-electron chi connectivity index (χ1n) is 6.26. The molecule has 1 aromatic heterocycles. The average molecular weight is 268 g/mol. The molecule has 0 radical (unpaired) electrons. The van der Waals surface area contributed by atoms with Gasteiger partial charge in [-0.05, 0) is 37.3 Å². The van der Waals surface area contributed by atoms with Crippen LogP contribution in [0.3, 0.4) is 0 Å². The Labute approximate surface area is 116 Å². The summed E-state index contributed by atoms with van der Waals surface area (Å²) in [6.45, 7) is 2.56. The van der Waals surface area contributed by atoms with Crippen LogP contribution in [0.5, 0.6) is 17.4 Å². The van der Waals surface area contributed by atoms with Crippen molar-refractivity contribution in [3.63, 3.8) is 0 Å². The Hall–Kier alpha value is -2.74. The molecule has 0 spiro atoms. The average Bonchev–Trinajstić information content (AvgIpc) is 2.95. The molecular weight excluding hydrogens is 256 g/mol. The lowest BCUT2D eigenvalue weighted by atomic mass is 10.1. The SMILES string of the molecule is CCOc1nc(-c2ccc3c(c2)OCO3)ccc1C#N.